The van der Waals surface area contributed by atoms with Crippen molar-refractivity contribution in [3.8, 4) is 0 Å². The fraction of sp³-hybridized carbons (Fsp3) is 0.476. The maximum atomic E-state index is 4.90. The number of aliphatic imine (C=N–C) groups is 1. The van der Waals surface area contributed by atoms with Crippen LogP contribution in [0.3, 0.4) is 0 Å². The van der Waals surface area contributed by atoms with E-state index in [2.05, 4.69) is 81.9 Å². The largest absolute Gasteiger partial charge is 0.357 e. The summed E-state index contributed by atoms with van der Waals surface area (Å²) in [5.74, 6) is 0.903. The van der Waals surface area contributed by atoms with Crippen LogP contribution in [0.1, 0.15) is 31.4 Å². The van der Waals surface area contributed by atoms with Gasteiger partial charge < -0.3 is 15.2 Å². The molecular formula is C21H32IN5. The second-order valence-corrected chi connectivity index (χ2v) is 6.74. The van der Waals surface area contributed by atoms with Crippen molar-refractivity contribution in [1.82, 2.24) is 20.1 Å². The molecule has 0 bridgehead atoms. The minimum Gasteiger partial charge on any atom is -0.357 e. The van der Waals surface area contributed by atoms with E-state index in [-0.39, 0.29) is 24.0 Å². The van der Waals surface area contributed by atoms with E-state index in [0.29, 0.717) is 6.04 Å². The van der Waals surface area contributed by atoms with Crippen LogP contribution in [0.25, 0.3) is 0 Å². The number of hydrogen-bond donors (Lipinski definition) is 2. The Balaban J connectivity index is 0.00000261. The third kappa shape index (κ3) is 6.84. The van der Waals surface area contributed by atoms with E-state index in [1.807, 2.05) is 0 Å². The van der Waals surface area contributed by atoms with E-state index >= 15 is 0 Å². The smallest absolute Gasteiger partial charge is 0.191 e. The van der Waals surface area contributed by atoms with E-state index in [1.54, 1.807) is 0 Å². The first-order valence-electron chi connectivity index (χ1n) is 9.78. The molecule has 27 heavy (non-hydrogen) atoms. The fourth-order valence-electron chi connectivity index (χ4n) is 3.50. The number of hydrogen-bond acceptors (Lipinski definition) is 2. The Morgan fingerprint density at radius 2 is 1.74 bits per heavy atom. The summed E-state index contributed by atoms with van der Waals surface area (Å²) in [6.07, 6.45) is 6.76. The van der Waals surface area contributed by atoms with Crippen LogP contribution >= 0.6 is 24.0 Å². The van der Waals surface area contributed by atoms with E-state index in [9.17, 15) is 0 Å². The summed E-state index contributed by atoms with van der Waals surface area (Å²) in [6.45, 7) is 7.90. The lowest BCUT2D eigenvalue weighted by atomic mass is 10.1. The molecule has 0 spiro atoms. The van der Waals surface area contributed by atoms with Gasteiger partial charge >= 0.3 is 0 Å². The summed E-state index contributed by atoms with van der Waals surface area (Å²) in [5, 5.41) is 6.83. The molecule has 1 saturated heterocycles. The molecule has 5 nitrogen and oxygen atoms in total. The highest BCUT2D eigenvalue weighted by Gasteiger charge is 2.23. The van der Waals surface area contributed by atoms with Crippen LogP contribution < -0.4 is 10.6 Å². The van der Waals surface area contributed by atoms with Gasteiger partial charge in [-0.3, -0.25) is 9.89 Å². The van der Waals surface area contributed by atoms with Crippen molar-refractivity contribution in [3.63, 3.8) is 0 Å². The lowest BCUT2D eigenvalue weighted by Gasteiger charge is -2.27. The molecule has 0 saturated carbocycles. The molecule has 148 valence electrons. The molecule has 6 heteroatoms. The maximum absolute atomic E-state index is 4.90. The summed E-state index contributed by atoms with van der Waals surface area (Å²) in [7, 11) is 0. The molecule has 3 rings (SSSR count). The average molecular weight is 481 g/mol. The first-order valence-corrected chi connectivity index (χ1v) is 9.78. The van der Waals surface area contributed by atoms with Gasteiger partial charge in [-0.15, -0.1) is 24.0 Å². The molecule has 2 N–H and O–H groups in total. The molecular weight excluding hydrogens is 449 g/mol. The topological polar surface area (TPSA) is 44.6 Å². The van der Waals surface area contributed by atoms with Crippen molar-refractivity contribution in [1.29, 1.82) is 0 Å². The Hall–Kier alpha value is -1.54. The number of aromatic nitrogens is 1. The van der Waals surface area contributed by atoms with Gasteiger partial charge in [0.25, 0.3) is 0 Å². The summed E-state index contributed by atoms with van der Waals surface area (Å²) < 4.78 is 2.17. The van der Waals surface area contributed by atoms with Gasteiger partial charge in [0.1, 0.15) is 0 Å². The summed E-state index contributed by atoms with van der Waals surface area (Å²) in [6, 6.07) is 15.3. The summed E-state index contributed by atoms with van der Waals surface area (Å²) in [4.78, 5) is 7.47. The Morgan fingerprint density at radius 3 is 2.41 bits per heavy atom. The van der Waals surface area contributed by atoms with Gasteiger partial charge in [-0.1, -0.05) is 30.3 Å². The van der Waals surface area contributed by atoms with Gasteiger partial charge in [0.15, 0.2) is 5.96 Å². The Labute approximate surface area is 180 Å². The lowest BCUT2D eigenvalue weighted by molar-refractivity contribution is 0.251. The first-order chi connectivity index (χ1) is 12.9. The van der Waals surface area contributed by atoms with Crippen molar-refractivity contribution in [2.24, 2.45) is 4.99 Å². The van der Waals surface area contributed by atoms with E-state index in [4.69, 9.17) is 4.99 Å². The van der Waals surface area contributed by atoms with Crippen molar-refractivity contribution in [2.45, 2.75) is 32.4 Å². The molecule has 1 aromatic carbocycles. The van der Waals surface area contributed by atoms with Crippen LogP contribution in [-0.4, -0.2) is 48.2 Å². The second-order valence-electron chi connectivity index (χ2n) is 6.74. The zero-order valence-electron chi connectivity index (χ0n) is 16.2. The molecule has 1 unspecified atom stereocenters. The number of nitrogens with zero attached hydrogens (tertiary/aromatic N) is 3. The third-order valence-corrected chi connectivity index (χ3v) is 4.86. The normalized spacial score (nSPS) is 16.0. The fourth-order valence-corrected chi connectivity index (χ4v) is 3.50. The number of guanidine groups is 1. The highest BCUT2D eigenvalue weighted by molar-refractivity contribution is 14.0. The minimum absolute atomic E-state index is 0. The quantitative estimate of drug-likeness (QED) is 0.345. The van der Waals surface area contributed by atoms with Crippen LogP contribution in [0.15, 0.2) is 59.9 Å². The predicted octanol–water partition coefficient (Wildman–Crippen LogP) is 3.50. The molecule has 0 amide bonds. The molecule has 1 fully saturated rings. The van der Waals surface area contributed by atoms with Crippen LogP contribution in [0, 0.1) is 0 Å². The van der Waals surface area contributed by atoms with Crippen LogP contribution in [0.5, 0.6) is 0 Å². The molecule has 1 aliphatic heterocycles. The number of halogens is 1. The van der Waals surface area contributed by atoms with E-state index in [0.717, 1.165) is 32.1 Å². The number of likely N-dealkylation sites (tertiary alicyclic amines) is 1. The zero-order chi connectivity index (χ0) is 18.0. The third-order valence-electron chi connectivity index (χ3n) is 4.86. The van der Waals surface area contributed by atoms with E-state index < -0.39 is 0 Å². The molecule has 2 aromatic rings. The van der Waals surface area contributed by atoms with Crippen molar-refractivity contribution in [2.75, 3.05) is 32.7 Å². The lowest BCUT2D eigenvalue weighted by Crippen LogP contribution is -2.39. The Bertz CT molecular complexity index is 650. The number of rotatable bonds is 8. The van der Waals surface area contributed by atoms with Crippen molar-refractivity contribution < 1.29 is 0 Å². The SMILES string of the molecule is CCNC(=NCC(c1ccccc1)N1CCCC1)NCCn1cccc1.I. The molecule has 1 atom stereocenters. The van der Waals surface area contributed by atoms with E-state index in [1.165, 1.54) is 31.5 Å². The Kier molecular flexibility index (Phi) is 9.69. The average Bonchev–Trinajstić information content (AvgIpc) is 3.37. The highest BCUT2D eigenvalue weighted by atomic mass is 127. The molecule has 1 aliphatic rings. The number of benzene rings is 1. The maximum Gasteiger partial charge on any atom is 0.191 e. The van der Waals surface area contributed by atoms with Gasteiger partial charge in [-0.2, -0.15) is 0 Å². The van der Waals surface area contributed by atoms with Crippen molar-refractivity contribution in [3.05, 3.63) is 60.4 Å². The van der Waals surface area contributed by atoms with Crippen molar-refractivity contribution >= 4 is 29.9 Å². The van der Waals surface area contributed by atoms with Gasteiger partial charge in [0.2, 0.25) is 0 Å². The minimum atomic E-state index is 0. The predicted molar refractivity (Wildman–Crippen MR) is 124 cm³/mol. The summed E-state index contributed by atoms with van der Waals surface area (Å²) >= 11 is 0. The summed E-state index contributed by atoms with van der Waals surface area (Å²) in [5.41, 5.74) is 1.36. The van der Waals surface area contributed by atoms with Crippen LogP contribution in [0.2, 0.25) is 0 Å². The Morgan fingerprint density at radius 1 is 1.04 bits per heavy atom. The highest BCUT2D eigenvalue weighted by Crippen LogP contribution is 2.25. The van der Waals surface area contributed by atoms with Crippen LogP contribution in [-0.2, 0) is 6.54 Å². The van der Waals surface area contributed by atoms with Gasteiger partial charge in [0, 0.05) is 32.0 Å². The standard InChI is InChI=1S/C21H31N5.HI/c1-2-22-21(23-12-17-25-13-6-7-14-25)24-18-20(26-15-8-9-16-26)19-10-4-3-5-11-19;/h3-7,10-11,13-14,20H,2,8-9,12,15-18H2,1H3,(H2,22,23,24);1H. The first kappa shape index (κ1) is 21.8. The molecule has 1 aromatic heterocycles. The van der Waals surface area contributed by atoms with Gasteiger partial charge in [-0.05, 0) is 50.6 Å². The monoisotopic (exact) mass is 481 g/mol. The zero-order valence-corrected chi connectivity index (χ0v) is 18.5. The second kappa shape index (κ2) is 12.0. The van der Waals surface area contributed by atoms with Crippen LogP contribution in [0.4, 0.5) is 0 Å². The van der Waals surface area contributed by atoms with Gasteiger partial charge in [0.05, 0.1) is 12.6 Å². The number of nitrogens with one attached hydrogen (secondary N) is 2. The molecule has 0 radical (unpaired) electrons. The molecule has 2 heterocycles. The van der Waals surface area contributed by atoms with Gasteiger partial charge in [-0.25, -0.2) is 0 Å². The molecule has 0 aliphatic carbocycles.